The molecule has 0 aromatic carbocycles. The molecule has 0 amide bonds. The van der Waals surface area contributed by atoms with Crippen molar-refractivity contribution in [1.29, 1.82) is 0 Å². The van der Waals surface area contributed by atoms with Crippen molar-refractivity contribution in [2.24, 2.45) is 0 Å². The van der Waals surface area contributed by atoms with Gasteiger partial charge in [-0.1, -0.05) is 0 Å². The Hall–Kier alpha value is -2.45. The Balaban J connectivity index is 1.51. The van der Waals surface area contributed by atoms with E-state index in [0.717, 1.165) is 31.0 Å². The molecule has 0 saturated carbocycles. The van der Waals surface area contributed by atoms with Crippen molar-refractivity contribution < 1.29 is 5.11 Å². The molecule has 0 unspecified atom stereocenters. The summed E-state index contributed by atoms with van der Waals surface area (Å²) in [7, 11) is 0. The van der Waals surface area contributed by atoms with Crippen LogP contribution in [-0.4, -0.2) is 47.9 Å². The van der Waals surface area contributed by atoms with Gasteiger partial charge in [-0.05, 0) is 25.9 Å². The van der Waals surface area contributed by atoms with Crippen LogP contribution in [0.1, 0.15) is 12.8 Å². The Morgan fingerprint density at radius 1 is 1.12 bits per heavy atom. The topological polar surface area (TPSA) is 88.8 Å². The zero-order valence-corrected chi connectivity index (χ0v) is 14.4. The molecule has 2 N–H and O–H groups in total. The lowest BCUT2D eigenvalue weighted by molar-refractivity contribution is 0.476. The van der Waals surface area contributed by atoms with E-state index in [-0.39, 0.29) is 5.75 Å². The molecule has 0 radical (unpaired) electrons. The predicted molar refractivity (Wildman–Crippen MR) is 95.8 cm³/mol. The van der Waals surface area contributed by atoms with Gasteiger partial charge in [0.1, 0.15) is 22.9 Å². The number of rotatable bonds is 4. The first-order chi connectivity index (χ1) is 12.3. The molecular weight excluding hydrogens is 336 g/mol. The molecule has 0 atom stereocenters. The largest absolute Gasteiger partial charge is 0.507 e. The fraction of sp³-hybridized carbons (Fsp3) is 0.294. The summed E-state index contributed by atoms with van der Waals surface area (Å²) in [6, 6.07) is 1.59. The zero-order chi connectivity index (χ0) is 17.1. The first kappa shape index (κ1) is 16.0. The monoisotopic (exact) mass is 354 g/mol. The minimum Gasteiger partial charge on any atom is -0.507 e. The fourth-order valence-electron chi connectivity index (χ4n) is 2.77. The van der Waals surface area contributed by atoms with Gasteiger partial charge in [-0.15, -0.1) is 11.8 Å². The van der Waals surface area contributed by atoms with Crippen molar-refractivity contribution >= 4 is 11.8 Å². The van der Waals surface area contributed by atoms with E-state index in [1.54, 1.807) is 59.7 Å². The van der Waals surface area contributed by atoms with Crippen LogP contribution in [0.25, 0.3) is 17.1 Å². The summed E-state index contributed by atoms with van der Waals surface area (Å²) in [6.45, 7) is 2.12. The van der Waals surface area contributed by atoms with Crippen LogP contribution in [0.15, 0.2) is 48.4 Å². The number of pyridine rings is 1. The molecule has 0 aliphatic carbocycles. The Morgan fingerprint density at radius 3 is 2.68 bits per heavy atom. The quantitative estimate of drug-likeness (QED) is 0.743. The van der Waals surface area contributed by atoms with E-state index >= 15 is 0 Å². The average Bonchev–Trinajstić information content (AvgIpc) is 3.18. The minimum atomic E-state index is 0.117. The third-order valence-electron chi connectivity index (χ3n) is 4.11. The Labute approximate surface area is 149 Å². The molecule has 25 heavy (non-hydrogen) atoms. The van der Waals surface area contributed by atoms with Gasteiger partial charge in [-0.3, -0.25) is 9.55 Å². The Bertz CT molecular complexity index is 831. The van der Waals surface area contributed by atoms with Gasteiger partial charge in [0.15, 0.2) is 0 Å². The molecule has 3 aromatic heterocycles. The van der Waals surface area contributed by atoms with Gasteiger partial charge in [0.05, 0.1) is 23.7 Å². The highest BCUT2D eigenvalue weighted by Crippen LogP contribution is 2.30. The lowest BCUT2D eigenvalue weighted by atomic mass is 10.2. The van der Waals surface area contributed by atoms with Crippen LogP contribution >= 0.6 is 11.8 Å². The predicted octanol–water partition coefficient (Wildman–Crippen LogP) is 2.27. The Kier molecular flexibility index (Phi) is 4.62. The van der Waals surface area contributed by atoms with Crippen molar-refractivity contribution in [3.63, 3.8) is 0 Å². The minimum absolute atomic E-state index is 0.117. The SMILES string of the molecule is Oc1cc(-n2ccnc2)ncc1-c1cnc(SC2CCNCC2)cn1. The molecule has 0 bridgehead atoms. The summed E-state index contributed by atoms with van der Waals surface area (Å²) in [5.74, 6) is 0.719. The van der Waals surface area contributed by atoms with Crippen molar-refractivity contribution in [3.05, 3.63) is 43.4 Å². The normalized spacial score (nSPS) is 15.4. The van der Waals surface area contributed by atoms with Gasteiger partial charge in [0, 0.05) is 29.9 Å². The maximum Gasteiger partial charge on any atom is 0.141 e. The first-order valence-corrected chi connectivity index (χ1v) is 9.05. The molecular formula is C17H18N6OS. The second-order valence-electron chi connectivity index (χ2n) is 5.84. The molecule has 3 aromatic rings. The van der Waals surface area contributed by atoms with Crippen LogP contribution < -0.4 is 5.32 Å². The zero-order valence-electron chi connectivity index (χ0n) is 13.5. The summed E-state index contributed by atoms with van der Waals surface area (Å²) < 4.78 is 1.73. The molecule has 1 saturated heterocycles. The van der Waals surface area contributed by atoms with Crippen LogP contribution in [0.4, 0.5) is 0 Å². The fourth-order valence-corrected chi connectivity index (χ4v) is 3.81. The van der Waals surface area contributed by atoms with Crippen molar-refractivity contribution in [1.82, 2.24) is 29.8 Å². The maximum absolute atomic E-state index is 10.3. The second kappa shape index (κ2) is 7.20. The lowest BCUT2D eigenvalue weighted by Gasteiger charge is -2.21. The van der Waals surface area contributed by atoms with Gasteiger partial charge >= 0.3 is 0 Å². The number of aromatic nitrogens is 5. The number of nitrogens with one attached hydrogen (secondary N) is 1. The van der Waals surface area contributed by atoms with E-state index in [1.165, 1.54) is 0 Å². The van der Waals surface area contributed by atoms with Crippen LogP contribution in [0.5, 0.6) is 5.75 Å². The second-order valence-corrected chi connectivity index (χ2v) is 7.16. The molecule has 4 heterocycles. The van der Waals surface area contributed by atoms with Gasteiger partial charge in [0.2, 0.25) is 0 Å². The van der Waals surface area contributed by atoms with Gasteiger partial charge < -0.3 is 10.4 Å². The molecule has 0 spiro atoms. The van der Waals surface area contributed by atoms with Crippen molar-refractivity contribution in [2.45, 2.75) is 23.1 Å². The van der Waals surface area contributed by atoms with Gasteiger partial charge in [-0.25, -0.2) is 15.0 Å². The smallest absolute Gasteiger partial charge is 0.141 e. The summed E-state index contributed by atoms with van der Waals surface area (Å²) in [4.78, 5) is 17.3. The van der Waals surface area contributed by atoms with E-state index < -0.39 is 0 Å². The molecule has 128 valence electrons. The molecule has 1 aliphatic rings. The number of hydrogen-bond acceptors (Lipinski definition) is 7. The lowest BCUT2D eigenvalue weighted by Crippen LogP contribution is -2.29. The van der Waals surface area contributed by atoms with Crippen LogP contribution in [0, 0.1) is 0 Å². The van der Waals surface area contributed by atoms with E-state index in [9.17, 15) is 5.11 Å². The third-order valence-corrected chi connectivity index (χ3v) is 5.37. The van der Waals surface area contributed by atoms with E-state index in [4.69, 9.17) is 0 Å². The molecule has 8 heteroatoms. The number of aromatic hydroxyl groups is 1. The average molecular weight is 354 g/mol. The van der Waals surface area contributed by atoms with Gasteiger partial charge in [0.25, 0.3) is 0 Å². The van der Waals surface area contributed by atoms with Gasteiger partial charge in [-0.2, -0.15) is 0 Å². The highest BCUT2D eigenvalue weighted by atomic mass is 32.2. The molecule has 7 nitrogen and oxygen atoms in total. The maximum atomic E-state index is 10.3. The number of piperidine rings is 1. The summed E-state index contributed by atoms with van der Waals surface area (Å²) in [6.07, 6.45) is 12.4. The number of imidazole rings is 1. The summed E-state index contributed by atoms with van der Waals surface area (Å²) in [5, 5.41) is 15.2. The summed E-state index contributed by atoms with van der Waals surface area (Å²) in [5.41, 5.74) is 1.17. The third kappa shape index (κ3) is 3.64. The van der Waals surface area contributed by atoms with Crippen LogP contribution in [0.2, 0.25) is 0 Å². The van der Waals surface area contributed by atoms with Crippen molar-refractivity contribution in [2.75, 3.05) is 13.1 Å². The molecule has 1 fully saturated rings. The van der Waals surface area contributed by atoms with Crippen molar-refractivity contribution in [3.8, 4) is 22.8 Å². The molecule has 1 aliphatic heterocycles. The number of hydrogen-bond donors (Lipinski definition) is 2. The van der Waals surface area contributed by atoms with Crippen LogP contribution in [-0.2, 0) is 0 Å². The number of thioether (sulfide) groups is 1. The van der Waals surface area contributed by atoms with E-state index in [1.807, 2.05) is 0 Å². The first-order valence-electron chi connectivity index (χ1n) is 8.17. The van der Waals surface area contributed by atoms with Crippen LogP contribution in [0.3, 0.4) is 0 Å². The molecule has 4 rings (SSSR count). The standard InChI is InChI=1S/C17H18N6OS/c24-15-7-16(23-6-5-19-11-23)21-8-13(15)14-9-22-17(10-20-14)25-12-1-3-18-4-2-12/h5-12,18H,1-4H2,(H,21,24). The highest BCUT2D eigenvalue weighted by molar-refractivity contribution is 7.99. The van der Waals surface area contributed by atoms with E-state index in [0.29, 0.717) is 22.3 Å². The Morgan fingerprint density at radius 2 is 2.00 bits per heavy atom. The van der Waals surface area contributed by atoms with E-state index in [2.05, 4.69) is 25.3 Å². The summed E-state index contributed by atoms with van der Waals surface area (Å²) >= 11 is 1.77. The highest BCUT2D eigenvalue weighted by Gasteiger charge is 2.15. The number of nitrogens with zero attached hydrogens (tertiary/aromatic N) is 5.